The minimum atomic E-state index is -3.61. The van der Waals surface area contributed by atoms with E-state index in [1.165, 1.54) is 30.5 Å². The molecule has 0 radical (unpaired) electrons. The van der Waals surface area contributed by atoms with Crippen LogP contribution in [0, 0.1) is 0 Å². The minimum absolute atomic E-state index is 0.0274. The molecule has 20 heavy (non-hydrogen) atoms. The minimum Gasteiger partial charge on any atom is -0.508 e. The lowest BCUT2D eigenvalue weighted by Gasteiger charge is -2.18. The Labute approximate surface area is 122 Å². The van der Waals surface area contributed by atoms with Crippen molar-refractivity contribution in [3.05, 3.63) is 41.3 Å². The Morgan fingerprint density at radius 3 is 2.70 bits per heavy atom. The Morgan fingerprint density at radius 1 is 1.30 bits per heavy atom. The van der Waals surface area contributed by atoms with Crippen LogP contribution in [0.25, 0.3) is 0 Å². The maximum atomic E-state index is 12.5. The Hall–Kier alpha value is -1.57. The third kappa shape index (κ3) is 2.95. The summed E-state index contributed by atoms with van der Waals surface area (Å²) in [4.78, 5) is 0.940. The molecule has 0 aliphatic carbocycles. The summed E-state index contributed by atoms with van der Waals surface area (Å²) in [6.45, 7) is 0.488. The zero-order valence-corrected chi connectivity index (χ0v) is 12.6. The van der Waals surface area contributed by atoms with Gasteiger partial charge in [-0.05, 0) is 37.2 Å². The van der Waals surface area contributed by atoms with Gasteiger partial charge in [-0.2, -0.15) is 0 Å². The first-order valence-corrected chi connectivity index (χ1v) is 8.27. The van der Waals surface area contributed by atoms with E-state index in [9.17, 15) is 13.5 Å². The summed E-state index contributed by atoms with van der Waals surface area (Å²) >= 11 is 1.22. The second kappa shape index (κ2) is 5.82. The molecule has 0 fully saturated rings. The predicted molar refractivity (Wildman–Crippen MR) is 80.8 cm³/mol. The van der Waals surface area contributed by atoms with Crippen LogP contribution in [0.5, 0.6) is 5.75 Å². The summed E-state index contributed by atoms with van der Waals surface area (Å²) in [5, 5.41) is 9.44. The van der Waals surface area contributed by atoms with E-state index in [2.05, 4.69) is 0 Å². The molecule has 0 bridgehead atoms. The molecule has 0 aliphatic rings. The number of rotatable bonds is 5. The molecular formula is C13H16N2O3S2. The van der Waals surface area contributed by atoms with Gasteiger partial charge in [-0.25, -0.2) is 8.42 Å². The van der Waals surface area contributed by atoms with Crippen LogP contribution in [-0.2, 0) is 16.4 Å². The van der Waals surface area contributed by atoms with Gasteiger partial charge in [-0.15, -0.1) is 11.3 Å². The number of nitrogens with two attached hydrogens (primary N) is 1. The van der Waals surface area contributed by atoms with Gasteiger partial charge in [-0.3, -0.25) is 4.31 Å². The number of aromatic hydroxyl groups is 1. The fourth-order valence-corrected chi connectivity index (χ4v) is 4.47. The molecule has 0 saturated carbocycles. The van der Waals surface area contributed by atoms with Crippen LogP contribution in [0.1, 0.15) is 4.88 Å². The van der Waals surface area contributed by atoms with Crippen molar-refractivity contribution in [3.8, 4) is 5.75 Å². The van der Waals surface area contributed by atoms with E-state index >= 15 is 0 Å². The molecule has 5 nitrogen and oxygen atoms in total. The zero-order valence-electron chi connectivity index (χ0n) is 11.0. The number of nitrogens with zero attached hydrogens (tertiary/aromatic N) is 1. The van der Waals surface area contributed by atoms with Crippen LogP contribution < -0.4 is 10.0 Å². The summed E-state index contributed by atoms with van der Waals surface area (Å²) in [5.74, 6) is 0.0274. The average Bonchev–Trinajstić information content (AvgIpc) is 2.87. The highest BCUT2D eigenvalue weighted by Crippen LogP contribution is 2.29. The van der Waals surface area contributed by atoms with Crippen LogP contribution in [0.4, 0.5) is 5.69 Å². The monoisotopic (exact) mass is 312 g/mol. The van der Waals surface area contributed by atoms with Gasteiger partial charge < -0.3 is 10.8 Å². The quantitative estimate of drug-likeness (QED) is 0.881. The number of hydrogen-bond acceptors (Lipinski definition) is 5. The van der Waals surface area contributed by atoms with E-state index in [1.807, 2.05) is 0 Å². The van der Waals surface area contributed by atoms with E-state index in [4.69, 9.17) is 5.73 Å². The fraction of sp³-hybridized carbons (Fsp3) is 0.231. The molecule has 0 amide bonds. The van der Waals surface area contributed by atoms with E-state index in [-0.39, 0.29) is 9.96 Å². The molecule has 0 spiro atoms. The molecular weight excluding hydrogens is 296 g/mol. The van der Waals surface area contributed by atoms with Crippen molar-refractivity contribution < 1.29 is 13.5 Å². The molecule has 3 N–H and O–H groups in total. The summed E-state index contributed by atoms with van der Waals surface area (Å²) in [6, 6.07) is 9.50. The highest BCUT2D eigenvalue weighted by molar-refractivity contribution is 7.94. The number of hydrogen-bond donors (Lipinski definition) is 2. The molecule has 2 rings (SSSR count). The van der Waals surface area contributed by atoms with Crippen LogP contribution in [-0.4, -0.2) is 27.1 Å². The van der Waals surface area contributed by atoms with Gasteiger partial charge in [-0.1, -0.05) is 6.07 Å². The van der Waals surface area contributed by atoms with Gasteiger partial charge in [0.1, 0.15) is 9.96 Å². The van der Waals surface area contributed by atoms with Crippen LogP contribution in [0.3, 0.4) is 0 Å². The molecule has 0 aliphatic heterocycles. The van der Waals surface area contributed by atoms with E-state index in [1.54, 1.807) is 24.3 Å². The maximum absolute atomic E-state index is 12.5. The Morgan fingerprint density at radius 2 is 2.05 bits per heavy atom. The normalized spacial score (nSPS) is 11.5. The van der Waals surface area contributed by atoms with E-state index in [0.29, 0.717) is 18.7 Å². The fourth-order valence-electron chi connectivity index (χ4n) is 1.74. The molecule has 1 heterocycles. The van der Waals surface area contributed by atoms with Crippen LogP contribution >= 0.6 is 11.3 Å². The Balaban J connectivity index is 2.33. The zero-order chi connectivity index (χ0) is 14.8. The van der Waals surface area contributed by atoms with Crippen molar-refractivity contribution in [1.82, 2.24) is 0 Å². The number of phenols is 1. The summed E-state index contributed by atoms with van der Waals surface area (Å²) in [5.41, 5.74) is 5.88. The summed E-state index contributed by atoms with van der Waals surface area (Å²) < 4.78 is 26.4. The standard InChI is InChI=1S/C13H16N2O3S2/c1-15(10-3-2-4-11(16)9-10)20(17,18)13-6-5-12(19-13)7-8-14/h2-6,9,16H,7-8,14H2,1H3. The number of phenolic OH excluding ortho intramolecular Hbond substituents is 1. The molecule has 2 aromatic rings. The van der Waals surface area contributed by atoms with Gasteiger partial charge in [0.2, 0.25) is 0 Å². The van der Waals surface area contributed by atoms with Crippen molar-refractivity contribution >= 4 is 27.0 Å². The smallest absolute Gasteiger partial charge is 0.273 e. The molecule has 0 atom stereocenters. The lowest BCUT2D eigenvalue weighted by Crippen LogP contribution is -2.25. The lowest BCUT2D eigenvalue weighted by molar-refractivity contribution is 0.475. The second-order valence-corrected chi connectivity index (χ2v) is 7.62. The van der Waals surface area contributed by atoms with Crippen molar-refractivity contribution in [2.24, 2.45) is 5.73 Å². The van der Waals surface area contributed by atoms with Crippen molar-refractivity contribution in [3.63, 3.8) is 0 Å². The average molecular weight is 312 g/mol. The topological polar surface area (TPSA) is 83.6 Å². The van der Waals surface area contributed by atoms with Crippen molar-refractivity contribution in [2.45, 2.75) is 10.6 Å². The molecule has 0 saturated heterocycles. The molecule has 108 valence electrons. The van der Waals surface area contributed by atoms with Gasteiger partial charge in [0, 0.05) is 18.0 Å². The van der Waals surface area contributed by atoms with Crippen molar-refractivity contribution in [2.75, 3.05) is 17.9 Å². The number of thiophene rings is 1. The highest BCUT2D eigenvalue weighted by Gasteiger charge is 2.23. The first kappa shape index (κ1) is 14.8. The SMILES string of the molecule is CN(c1cccc(O)c1)S(=O)(=O)c1ccc(CCN)s1. The third-order valence-corrected chi connectivity index (χ3v) is 6.23. The predicted octanol–water partition coefficient (Wildman–Crippen LogP) is 1.78. The largest absolute Gasteiger partial charge is 0.508 e. The number of anilines is 1. The van der Waals surface area contributed by atoms with E-state index < -0.39 is 10.0 Å². The summed E-state index contributed by atoms with van der Waals surface area (Å²) in [7, 11) is -2.14. The first-order chi connectivity index (χ1) is 9.45. The second-order valence-electron chi connectivity index (χ2n) is 4.25. The maximum Gasteiger partial charge on any atom is 0.273 e. The highest BCUT2D eigenvalue weighted by atomic mass is 32.2. The first-order valence-electron chi connectivity index (χ1n) is 6.02. The Kier molecular flexibility index (Phi) is 4.32. The van der Waals surface area contributed by atoms with Gasteiger partial charge in [0.25, 0.3) is 10.0 Å². The van der Waals surface area contributed by atoms with E-state index in [0.717, 1.165) is 9.18 Å². The third-order valence-electron chi connectivity index (χ3n) is 2.84. The van der Waals surface area contributed by atoms with Gasteiger partial charge in [0.05, 0.1) is 5.69 Å². The number of sulfonamides is 1. The van der Waals surface area contributed by atoms with Crippen LogP contribution in [0.15, 0.2) is 40.6 Å². The summed E-state index contributed by atoms with van der Waals surface area (Å²) in [6.07, 6.45) is 0.663. The molecule has 7 heteroatoms. The van der Waals surface area contributed by atoms with Gasteiger partial charge >= 0.3 is 0 Å². The lowest BCUT2D eigenvalue weighted by atomic mass is 10.3. The Bertz CT molecular complexity index is 695. The van der Waals surface area contributed by atoms with Gasteiger partial charge in [0.15, 0.2) is 0 Å². The molecule has 0 unspecified atom stereocenters. The van der Waals surface area contributed by atoms with Crippen LogP contribution in [0.2, 0.25) is 0 Å². The number of benzene rings is 1. The van der Waals surface area contributed by atoms with Crippen molar-refractivity contribution in [1.29, 1.82) is 0 Å². The molecule has 1 aromatic carbocycles. The molecule has 1 aromatic heterocycles.